The number of carbonyl (C=O) groups excluding carboxylic acids is 1. The van der Waals surface area contributed by atoms with Crippen molar-refractivity contribution < 1.29 is 43.7 Å². The summed E-state index contributed by atoms with van der Waals surface area (Å²) >= 11 is 1.67. The van der Waals surface area contributed by atoms with Crippen LogP contribution in [0.3, 0.4) is 0 Å². The maximum Gasteiger partial charge on any atom is 0.410 e. The molecule has 0 aromatic heterocycles. The van der Waals surface area contributed by atoms with E-state index in [4.69, 9.17) is 28.9 Å². The molecule has 388 valence electrons. The normalized spacial score (nSPS) is 21.6. The molecule has 1 saturated carbocycles. The molecule has 13 nitrogen and oxygen atoms in total. The number of nitro benzene ring substituents is 1. The quantitative estimate of drug-likeness (QED) is 0.0201. The van der Waals surface area contributed by atoms with Gasteiger partial charge in [-0.3, -0.25) is 15.0 Å². The Labute approximate surface area is 426 Å². The minimum absolute atomic E-state index is 0.0130. The van der Waals surface area contributed by atoms with Gasteiger partial charge in [0, 0.05) is 54.7 Å². The first-order valence-electron chi connectivity index (χ1n) is 26.4. The van der Waals surface area contributed by atoms with Gasteiger partial charge < -0.3 is 34.0 Å². The highest BCUT2D eigenvalue weighted by atomic mass is 32.2. The Kier molecular flexibility index (Phi) is 22.6. The SMILES string of the molecule is C=CCO[C@@]12Oc3ccc(Oc4ccc(SC)cc4)cc3[C@H]3[C@H](CCCCO)[C@@H](CCCCO)C=C(C(=NOCc4ccc([N+](=O)[O-])cc4)C[C@@H]1N(CCC)C(=O)OCCCCCCCCCCCC)[C@H]32. The van der Waals surface area contributed by atoms with E-state index >= 15 is 0 Å². The van der Waals surface area contributed by atoms with E-state index in [-0.39, 0.29) is 56.3 Å². The Morgan fingerprint density at radius 1 is 0.887 bits per heavy atom. The average molecular weight is 998 g/mol. The molecule has 3 aromatic rings. The van der Waals surface area contributed by atoms with E-state index < -0.39 is 28.8 Å². The highest BCUT2D eigenvalue weighted by Crippen LogP contribution is 2.62. The van der Waals surface area contributed by atoms with E-state index in [0.717, 1.165) is 61.0 Å². The molecule has 1 aliphatic heterocycles. The average Bonchev–Trinajstić information content (AvgIpc) is 3.38. The lowest BCUT2D eigenvalue weighted by molar-refractivity contribution is -0.384. The highest BCUT2D eigenvalue weighted by Gasteiger charge is 2.65. The number of carbonyl (C=O) groups is 1. The Hall–Kier alpha value is -4.89. The van der Waals surface area contributed by atoms with Gasteiger partial charge in [0.1, 0.15) is 29.9 Å². The lowest BCUT2D eigenvalue weighted by atomic mass is 9.55. The molecule has 6 atom stereocenters. The number of unbranched alkanes of at least 4 members (excludes halogenated alkanes) is 11. The zero-order valence-corrected chi connectivity index (χ0v) is 43.3. The largest absolute Gasteiger partial charge is 0.459 e. The van der Waals surface area contributed by atoms with Gasteiger partial charge in [0.15, 0.2) is 0 Å². The summed E-state index contributed by atoms with van der Waals surface area (Å²) in [5.74, 6) is -0.105. The summed E-state index contributed by atoms with van der Waals surface area (Å²) in [6, 6.07) is 19.5. The van der Waals surface area contributed by atoms with Gasteiger partial charge in [-0.2, -0.15) is 0 Å². The first-order valence-corrected chi connectivity index (χ1v) is 27.6. The Morgan fingerprint density at radius 3 is 2.21 bits per heavy atom. The van der Waals surface area contributed by atoms with Crippen LogP contribution in [0.4, 0.5) is 10.5 Å². The molecule has 14 heteroatoms. The number of allylic oxidation sites excluding steroid dienone is 1. The van der Waals surface area contributed by atoms with Crippen LogP contribution in [0.25, 0.3) is 0 Å². The highest BCUT2D eigenvalue weighted by molar-refractivity contribution is 7.98. The van der Waals surface area contributed by atoms with Crippen LogP contribution in [-0.4, -0.2) is 82.9 Å². The van der Waals surface area contributed by atoms with Crippen molar-refractivity contribution in [3.63, 3.8) is 0 Å². The number of nitrogens with zero attached hydrogens (tertiary/aromatic N) is 3. The molecule has 0 spiro atoms. The molecule has 2 aliphatic carbocycles. The minimum Gasteiger partial charge on any atom is -0.459 e. The lowest BCUT2D eigenvalue weighted by Crippen LogP contribution is -2.70. The fourth-order valence-corrected chi connectivity index (χ4v) is 11.2. The topological polar surface area (TPSA) is 162 Å². The number of amides is 1. The molecule has 0 unspecified atom stereocenters. The van der Waals surface area contributed by atoms with Crippen molar-refractivity contribution in [1.29, 1.82) is 0 Å². The number of aliphatic hydroxyl groups is 2. The molecule has 1 fully saturated rings. The number of hydrogen-bond acceptors (Lipinski definition) is 12. The number of fused-ring (bicyclic) bond motifs is 2. The van der Waals surface area contributed by atoms with Gasteiger partial charge >= 0.3 is 6.09 Å². The molecular weight excluding hydrogens is 919 g/mol. The Balaban J connectivity index is 1.43. The lowest BCUT2D eigenvalue weighted by Gasteiger charge is -2.59. The maximum absolute atomic E-state index is 14.7. The van der Waals surface area contributed by atoms with Crippen LogP contribution in [0.1, 0.15) is 146 Å². The zero-order chi connectivity index (χ0) is 50.4. The van der Waals surface area contributed by atoms with Crippen molar-refractivity contribution in [2.45, 2.75) is 159 Å². The van der Waals surface area contributed by atoms with Gasteiger partial charge in [0.25, 0.3) is 5.69 Å². The Bertz CT molecular complexity index is 2180. The third kappa shape index (κ3) is 14.9. The van der Waals surface area contributed by atoms with Gasteiger partial charge in [-0.25, -0.2) is 4.79 Å². The summed E-state index contributed by atoms with van der Waals surface area (Å²) in [6.07, 6.45) is 22.7. The molecule has 6 rings (SSSR count). The van der Waals surface area contributed by atoms with Crippen molar-refractivity contribution in [2.75, 3.05) is 39.2 Å². The van der Waals surface area contributed by atoms with Gasteiger partial charge in [-0.15, -0.1) is 18.3 Å². The van der Waals surface area contributed by atoms with Crippen LogP contribution in [0.2, 0.25) is 0 Å². The van der Waals surface area contributed by atoms with Gasteiger partial charge in [-0.1, -0.05) is 102 Å². The summed E-state index contributed by atoms with van der Waals surface area (Å²) in [5, 5.41) is 36.4. The van der Waals surface area contributed by atoms with Crippen LogP contribution >= 0.6 is 11.8 Å². The molecule has 1 amide bonds. The molecule has 0 bridgehead atoms. The first kappa shape index (κ1) is 55.4. The minimum atomic E-state index is -1.43. The Morgan fingerprint density at radius 2 is 1.56 bits per heavy atom. The molecule has 0 radical (unpaired) electrons. The second kappa shape index (κ2) is 29.0. The van der Waals surface area contributed by atoms with Gasteiger partial charge in [-0.05, 0) is 122 Å². The predicted octanol–water partition coefficient (Wildman–Crippen LogP) is 13.7. The smallest absolute Gasteiger partial charge is 0.410 e. The molecule has 0 saturated heterocycles. The number of nitro groups is 1. The molecule has 71 heavy (non-hydrogen) atoms. The second-order valence-electron chi connectivity index (χ2n) is 19.2. The fourth-order valence-electron chi connectivity index (χ4n) is 10.8. The number of non-ortho nitro benzene ring substituents is 1. The number of thioether (sulfide) groups is 1. The van der Waals surface area contributed by atoms with Crippen molar-refractivity contribution >= 4 is 29.3 Å². The van der Waals surface area contributed by atoms with E-state index in [1.54, 1.807) is 34.9 Å². The van der Waals surface area contributed by atoms with Crippen molar-refractivity contribution in [1.82, 2.24) is 4.90 Å². The number of ether oxygens (including phenoxy) is 4. The third-order valence-corrected chi connectivity index (χ3v) is 15.0. The molecule has 3 aliphatic rings. The van der Waals surface area contributed by atoms with Crippen LogP contribution in [0, 0.1) is 27.9 Å². The number of rotatable bonds is 32. The molecular formula is C57H79N3O10S. The van der Waals surface area contributed by atoms with E-state index in [0.29, 0.717) is 60.9 Å². The first-order chi connectivity index (χ1) is 34.7. The fraction of sp³-hybridized carbons (Fsp3) is 0.579. The number of oxime groups is 1. The number of hydrogen-bond donors (Lipinski definition) is 2. The second-order valence-corrected chi connectivity index (χ2v) is 20.1. The monoisotopic (exact) mass is 998 g/mol. The van der Waals surface area contributed by atoms with Crippen LogP contribution in [0.5, 0.6) is 17.2 Å². The number of aliphatic hydroxyl groups excluding tert-OH is 2. The van der Waals surface area contributed by atoms with E-state index in [9.17, 15) is 25.1 Å². The number of benzene rings is 3. The van der Waals surface area contributed by atoms with Crippen molar-refractivity contribution in [3.05, 3.63) is 112 Å². The zero-order valence-electron chi connectivity index (χ0n) is 42.5. The maximum atomic E-state index is 14.7. The standard InChI is InChI=1S/C57H79N3O10S/c1-5-8-9-10-11-12-13-14-15-20-37-66-56(63)59(33-6-2)53-40-51(58-68-41-42-23-25-44(26-24-42)60(64)65)49-38-43(21-16-18-34-61)48(22-17-19-35-62)54-50-39-46(69-45-27-30-47(71-4)31-28-45)29-32-52(50)70-57(53,55(49)54)67-36-7-3/h7,23-32,38-39,43,48,53-55,61-62H,3,5-6,8-22,33-37,40-41H2,1-2,4H3/t43-,48+,53-,54+,55+,57+/m0/s1. The summed E-state index contributed by atoms with van der Waals surface area (Å²) in [4.78, 5) is 34.9. The predicted molar refractivity (Wildman–Crippen MR) is 281 cm³/mol. The third-order valence-electron chi connectivity index (χ3n) is 14.3. The summed E-state index contributed by atoms with van der Waals surface area (Å²) in [5.41, 5.74) is 3.22. The summed E-state index contributed by atoms with van der Waals surface area (Å²) < 4.78 is 27.3. The molecule has 1 heterocycles. The van der Waals surface area contributed by atoms with Crippen LogP contribution in [0.15, 0.2) is 101 Å². The van der Waals surface area contributed by atoms with E-state index in [1.165, 1.54) is 57.1 Å². The summed E-state index contributed by atoms with van der Waals surface area (Å²) in [7, 11) is 0. The van der Waals surface area contributed by atoms with Gasteiger partial charge in [0.05, 0.1) is 29.8 Å². The van der Waals surface area contributed by atoms with Crippen LogP contribution < -0.4 is 9.47 Å². The van der Waals surface area contributed by atoms with E-state index in [1.807, 2.05) is 49.6 Å². The van der Waals surface area contributed by atoms with Crippen LogP contribution in [-0.2, 0) is 20.9 Å². The van der Waals surface area contributed by atoms with Gasteiger partial charge in [0.2, 0.25) is 5.79 Å². The molecule has 2 N–H and O–H groups in total. The van der Waals surface area contributed by atoms with Crippen molar-refractivity contribution in [2.24, 2.45) is 22.9 Å². The van der Waals surface area contributed by atoms with Crippen molar-refractivity contribution in [3.8, 4) is 17.2 Å². The molecule has 3 aromatic carbocycles. The van der Waals surface area contributed by atoms with E-state index in [2.05, 4.69) is 25.6 Å². The summed E-state index contributed by atoms with van der Waals surface area (Å²) in [6.45, 7) is 9.39.